The van der Waals surface area contributed by atoms with Gasteiger partial charge in [-0.1, -0.05) is 80.6 Å². The van der Waals surface area contributed by atoms with Gasteiger partial charge in [0.05, 0.1) is 32.1 Å². The van der Waals surface area contributed by atoms with E-state index in [0.29, 0.717) is 11.1 Å². The normalized spacial score (nSPS) is 13.6. The van der Waals surface area contributed by atoms with Crippen LogP contribution < -0.4 is 21.3 Å². The van der Waals surface area contributed by atoms with E-state index in [0.717, 1.165) is 17.7 Å². The average Bonchev–Trinajstić information content (AvgIpc) is 3.07. The summed E-state index contributed by atoms with van der Waals surface area (Å²) >= 11 is 0. The maximum absolute atomic E-state index is 13.9. The molecule has 0 heterocycles. The standard InChI is InChI=1S/C35H46N4O11S/c1-6-48-28(40)20-26(18-19-51(5,46)47)36-33(43)30(23(3)4)38-34(44)31(25-16-12-9-13-17-25)39-32(42)27(21-29(41)49-7-2)37-35(45)50-22-24-14-10-8-11-15-24/h8-19,23,26-27,30-31H,6-7,20-22H2,1-5H3,(H,36,43)(H,37,45)(H,38,44)(H,39,42)/b19-18+/t26-,27+,30-,31+/m1/s1. The lowest BCUT2D eigenvalue weighted by Crippen LogP contribution is -2.56. The molecule has 2 aromatic rings. The summed E-state index contributed by atoms with van der Waals surface area (Å²) < 4.78 is 38.6. The van der Waals surface area contributed by atoms with Gasteiger partial charge in [-0.15, -0.1) is 0 Å². The fraction of sp³-hybridized carbons (Fsp3) is 0.429. The van der Waals surface area contributed by atoms with Crippen molar-refractivity contribution >= 4 is 45.6 Å². The van der Waals surface area contributed by atoms with Crippen LogP contribution in [0.3, 0.4) is 0 Å². The van der Waals surface area contributed by atoms with Crippen molar-refractivity contribution in [1.29, 1.82) is 0 Å². The number of ether oxygens (including phenoxy) is 3. The second-order valence-corrected chi connectivity index (χ2v) is 13.6. The zero-order chi connectivity index (χ0) is 38.0. The summed E-state index contributed by atoms with van der Waals surface area (Å²) in [5, 5.41) is 11.0. The summed E-state index contributed by atoms with van der Waals surface area (Å²) in [6.07, 6.45) is 0.127. The van der Waals surface area contributed by atoms with Crippen LogP contribution in [0.1, 0.15) is 57.7 Å². The summed E-state index contributed by atoms with van der Waals surface area (Å²) in [5.74, 6) is -4.49. The van der Waals surface area contributed by atoms with Crippen molar-refractivity contribution in [3.05, 3.63) is 83.3 Å². The minimum Gasteiger partial charge on any atom is -0.466 e. The molecule has 51 heavy (non-hydrogen) atoms. The quantitative estimate of drug-likeness (QED) is 0.122. The van der Waals surface area contributed by atoms with Gasteiger partial charge in [0.2, 0.25) is 17.7 Å². The second kappa shape index (κ2) is 21.1. The fourth-order valence-electron chi connectivity index (χ4n) is 4.54. The van der Waals surface area contributed by atoms with Crippen molar-refractivity contribution in [3.8, 4) is 0 Å². The number of benzene rings is 2. The number of sulfone groups is 1. The van der Waals surface area contributed by atoms with E-state index < -0.39 is 82.1 Å². The van der Waals surface area contributed by atoms with Crippen LogP contribution in [0, 0.1) is 5.92 Å². The molecule has 2 rings (SSSR count). The molecule has 4 atom stereocenters. The van der Waals surface area contributed by atoms with Crippen molar-refractivity contribution in [2.45, 2.75) is 71.3 Å². The third-order valence-corrected chi connectivity index (χ3v) is 7.66. The Balaban J connectivity index is 2.32. The molecule has 0 unspecified atom stereocenters. The van der Waals surface area contributed by atoms with Crippen LogP contribution in [0.4, 0.5) is 4.79 Å². The number of esters is 2. The summed E-state index contributed by atoms with van der Waals surface area (Å²) in [6.45, 7) is 6.44. The molecule has 4 N–H and O–H groups in total. The lowest BCUT2D eigenvalue weighted by molar-refractivity contribution is -0.145. The molecule has 0 aliphatic carbocycles. The molecule has 0 spiro atoms. The van der Waals surface area contributed by atoms with Crippen molar-refractivity contribution in [3.63, 3.8) is 0 Å². The summed E-state index contributed by atoms with van der Waals surface area (Å²) in [6, 6.07) is 11.6. The van der Waals surface area contributed by atoms with Gasteiger partial charge in [-0.05, 0) is 30.9 Å². The highest BCUT2D eigenvalue weighted by Gasteiger charge is 2.33. The first-order chi connectivity index (χ1) is 24.1. The maximum Gasteiger partial charge on any atom is 0.408 e. The third-order valence-electron chi connectivity index (χ3n) is 7.00. The zero-order valence-electron chi connectivity index (χ0n) is 29.2. The number of carbonyl (C=O) groups excluding carboxylic acids is 6. The van der Waals surface area contributed by atoms with Crippen LogP contribution in [0.2, 0.25) is 0 Å². The lowest BCUT2D eigenvalue weighted by atomic mass is 10.00. The molecule has 0 saturated carbocycles. The molecule has 2 aromatic carbocycles. The molecular weight excluding hydrogens is 684 g/mol. The van der Waals surface area contributed by atoms with E-state index in [1.807, 2.05) is 0 Å². The first-order valence-corrected chi connectivity index (χ1v) is 18.2. The Kier molecular flexibility index (Phi) is 17.3. The number of rotatable bonds is 19. The van der Waals surface area contributed by atoms with Gasteiger partial charge in [-0.25, -0.2) is 13.2 Å². The van der Waals surface area contributed by atoms with E-state index in [1.165, 1.54) is 0 Å². The van der Waals surface area contributed by atoms with Gasteiger partial charge in [0.1, 0.15) is 24.7 Å². The van der Waals surface area contributed by atoms with Crippen LogP contribution in [-0.4, -0.2) is 81.8 Å². The Hall–Kier alpha value is -5.25. The minimum absolute atomic E-state index is 0.0179. The second-order valence-electron chi connectivity index (χ2n) is 11.6. The van der Waals surface area contributed by atoms with Gasteiger partial charge in [0, 0.05) is 11.7 Å². The van der Waals surface area contributed by atoms with E-state index in [9.17, 15) is 37.2 Å². The van der Waals surface area contributed by atoms with E-state index >= 15 is 0 Å². The molecular formula is C35H46N4O11S. The SMILES string of the molecule is CCOC(=O)C[C@@H](/C=C/S(C)(=O)=O)NC(=O)[C@H](NC(=O)[C@@H](NC(=O)[C@H](CC(=O)OCC)NC(=O)OCc1ccccc1)c1ccccc1)C(C)C. The Morgan fingerprint density at radius 2 is 1.27 bits per heavy atom. The van der Waals surface area contributed by atoms with Crippen molar-refractivity contribution in [2.24, 2.45) is 5.92 Å². The van der Waals surface area contributed by atoms with Gasteiger partial charge in [0.15, 0.2) is 9.84 Å². The van der Waals surface area contributed by atoms with Crippen LogP contribution in [-0.2, 0) is 54.6 Å². The summed E-state index contributed by atoms with van der Waals surface area (Å²) in [5.41, 5.74) is 0.992. The van der Waals surface area contributed by atoms with Crippen LogP contribution in [0.25, 0.3) is 0 Å². The highest BCUT2D eigenvalue weighted by atomic mass is 32.2. The highest BCUT2D eigenvalue weighted by Crippen LogP contribution is 2.16. The zero-order valence-corrected chi connectivity index (χ0v) is 30.1. The third kappa shape index (κ3) is 15.9. The minimum atomic E-state index is -3.61. The molecule has 0 bridgehead atoms. The molecule has 0 fully saturated rings. The van der Waals surface area contributed by atoms with Crippen molar-refractivity contribution in [2.75, 3.05) is 19.5 Å². The lowest BCUT2D eigenvalue weighted by Gasteiger charge is -2.27. The smallest absolute Gasteiger partial charge is 0.408 e. The molecule has 278 valence electrons. The predicted octanol–water partition coefficient (Wildman–Crippen LogP) is 2.23. The van der Waals surface area contributed by atoms with E-state index in [2.05, 4.69) is 21.3 Å². The molecule has 0 saturated heterocycles. The summed E-state index contributed by atoms with van der Waals surface area (Å²) in [4.78, 5) is 78.3. The van der Waals surface area contributed by atoms with E-state index in [-0.39, 0.29) is 26.2 Å². The first-order valence-electron chi connectivity index (χ1n) is 16.3. The van der Waals surface area contributed by atoms with Gasteiger partial charge in [0.25, 0.3) is 0 Å². The predicted molar refractivity (Wildman–Crippen MR) is 186 cm³/mol. The largest absolute Gasteiger partial charge is 0.466 e. The monoisotopic (exact) mass is 730 g/mol. The van der Waals surface area contributed by atoms with Gasteiger partial charge in [-0.2, -0.15) is 0 Å². The van der Waals surface area contributed by atoms with Crippen LogP contribution in [0.5, 0.6) is 0 Å². The first kappa shape index (κ1) is 41.9. The number of hydrogen-bond donors (Lipinski definition) is 4. The Labute approximate surface area is 297 Å². The molecule has 15 nitrogen and oxygen atoms in total. The van der Waals surface area contributed by atoms with Crippen LogP contribution >= 0.6 is 0 Å². The number of alkyl carbamates (subject to hydrolysis) is 1. The van der Waals surface area contributed by atoms with Crippen LogP contribution in [0.15, 0.2) is 72.1 Å². The van der Waals surface area contributed by atoms with Crippen molar-refractivity contribution < 1.29 is 51.4 Å². The molecule has 0 aliphatic heterocycles. The van der Waals surface area contributed by atoms with Crippen molar-refractivity contribution in [1.82, 2.24) is 21.3 Å². The maximum atomic E-state index is 13.9. The molecule has 0 aromatic heterocycles. The van der Waals surface area contributed by atoms with E-state index in [4.69, 9.17) is 14.2 Å². The number of amides is 4. The molecule has 4 amide bonds. The van der Waals surface area contributed by atoms with Gasteiger partial charge >= 0.3 is 18.0 Å². The number of carbonyl (C=O) groups is 6. The Morgan fingerprint density at radius 3 is 1.82 bits per heavy atom. The van der Waals surface area contributed by atoms with E-state index in [1.54, 1.807) is 88.4 Å². The highest BCUT2D eigenvalue weighted by molar-refractivity contribution is 7.93. The Morgan fingerprint density at radius 1 is 0.706 bits per heavy atom. The average molecular weight is 731 g/mol. The molecule has 0 radical (unpaired) electrons. The molecule has 16 heteroatoms. The topological polar surface area (TPSA) is 212 Å². The van der Waals surface area contributed by atoms with Gasteiger partial charge < -0.3 is 35.5 Å². The summed E-state index contributed by atoms with van der Waals surface area (Å²) in [7, 11) is -3.61. The number of nitrogens with one attached hydrogen (secondary N) is 4. The van der Waals surface area contributed by atoms with Gasteiger partial charge in [-0.3, -0.25) is 24.0 Å². The molecule has 0 aliphatic rings. The fourth-order valence-corrected chi connectivity index (χ4v) is 5.01. The Bertz CT molecular complexity index is 1620. The number of hydrogen-bond acceptors (Lipinski definition) is 11.